The standard InChI is InChI=1S/C25H36N4O3/c1-24(12-16-28(17-13-24)21(30)19-8-3-4-9-19)23(32)29-15-7-11-25(18-29,22(31)26-2)20-10-5-6-14-27-20/h5-6,10,14,19H,3-4,7-9,11-13,15-18H2,1-2H3,(H,26,31)/t25-/m0/s1. The van der Waals surface area contributed by atoms with Gasteiger partial charge in [0.2, 0.25) is 17.7 Å². The molecule has 3 aliphatic rings. The predicted octanol–water partition coefficient (Wildman–Crippen LogP) is 2.51. The number of nitrogens with zero attached hydrogens (tertiary/aromatic N) is 3. The fourth-order valence-electron chi connectivity index (χ4n) is 5.87. The normalized spacial score (nSPS) is 26.1. The first-order chi connectivity index (χ1) is 15.4. The zero-order valence-corrected chi connectivity index (χ0v) is 19.4. The lowest BCUT2D eigenvalue weighted by Crippen LogP contribution is -2.59. The second-order valence-corrected chi connectivity index (χ2v) is 10.1. The Balaban J connectivity index is 1.47. The topological polar surface area (TPSA) is 82.6 Å². The van der Waals surface area contributed by atoms with E-state index in [0.29, 0.717) is 45.4 Å². The van der Waals surface area contributed by atoms with E-state index < -0.39 is 10.8 Å². The molecule has 1 aromatic heterocycles. The zero-order valence-electron chi connectivity index (χ0n) is 19.4. The van der Waals surface area contributed by atoms with Gasteiger partial charge in [0.05, 0.1) is 5.69 Å². The zero-order chi connectivity index (χ0) is 22.8. The Morgan fingerprint density at radius 1 is 1.00 bits per heavy atom. The maximum Gasteiger partial charge on any atom is 0.233 e. The minimum Gasteiger partial charge on any atom is -0.358 e. The van der Waals surface area contributed by atoms with Crippen LogP contribution in [0, 0.1) is 11.3 Å². The molecule has 3 heterocycles. The number of nitrogens with one attached hydrogen (secondary N) is 1. The molecule has 2 saturated heterocycles. The number of rotatable bonds is 4. The second kappa shape index (κ2) is 9.20. The highest BCUT2D eigenvalue weighted by Crippen LogP contribution is 2.39. The molecule has 0 spiro atoms. The van der Waals surface area contributed by atoms with Crippen LogP contribution in [0.15, 0.2) is 24.4 Å². The molecule has 1 saturated carbocycles. The Bertz CT molecular complexity index is 844. The van der Waals surface area contributed by atoms with Crippen LogP contribution in [0.1, 0.15) is 64.0 Å². The molecule has 1 aliphatic carbocycles. The van der Waals surface area contributed by atoms with Gasteiger partial charge in [0.15, 0.2) is 0 Å². The highest BCUT2D eigenvalue weighted by molar-refractivity contribution is 5.90. The summed E-state index contributed by atoms with van der Waals surface area (Å²) in [4.78, 5) is 47.9. The van der Waals surface area contributed by atoms with Crippen molar-refractivity contribution in [3.05, 3.63) is 30.1 Å². The van der Waals surface area contributed by atoms with Crippen molar-refractivity contribution in [3.8, 4) is 0 Å². The molecule has 7 nitrogen and oxygen atoms in total. The second-order valence-electron chi connectivity index (χ2n) is 10.1. The van der Waals surface area contributed by atoms with Gasteiger partial charge < -0.3 is 15.1 Å². The molecule has 0 unspecified atom stereocenters. The quantitative estimate of drug-likeness (QED) is 0.780. The van der Waals surface area contributed by atoms with Crippen molar-refractivity contribution in [3.63, 3.8) is 0 Å². The summed E-state index contributed by atoms with van der Waals surface area (Å²) in [5.74, 6) is 0.484. The number of amides is 3. The number of likely N-dealkylation sites (N-methyl/N-ethyl adjacent to an activating group) is 1. The molecule has 32 heavy (non-hydrogen) atoms. The summed E-state index contributed by atoms with van der Waals surface area (Å²) >= 11 is 0. The van der Waals surface area contributed by atoms with Gasteiger partial charge in [-0.05, 0) is 50.7 Å². The summed E-state index contributed by atoms with van der Waals surface area (Å²) in [6, 6.07) is 5.62. The van der Waals surface area contributed by atoms with Gasteiger partial charge in [-0.25, -0.2) is 0 Å². The predicted molar refractivity (Wildman–Crippen MR) is 122 cm³/mol. The van der Waals surface area contributed by atoms with Crippen LogP contribution in [0.4, 0.5) is 0 Å². The number of pyridine rings is 1. The monoisotopic (exact) mass is 440 g/mol. The third kappa shape index (κ3) is 4.14. The lowest BCUT2D eigenvalue weighted by Gasteiger charge is -2.46. The van der Waals surface area contributed by atoms with Crippen molar-refractivity contribution in [2.24, 2.45) is 11.3 Å². The van der Waals surface area contributed by atoms with Crippen molar-refractivity contribution in [2.45, 2.75) is 63.7 Å². The molecule has 4 rings (SSSR count). The van der Waals surface area contributed by atoms with Crippen LogP contribution in [-0.4, -0.2) is 65.7 Å². The molecule has 0 bridgehead atoms. The summed E-state index contributed by atoms with van der Waals surface area (Å²) in [5, 5.41) is 2.81. The van der Waals surface area contributed by atoms with Crippen LogP contribution < -0.4 is 5.32 Å². The molecule has 7 heteroatoms. The van der Waals surface area contributed by atoms with E-state index in [1.807, 2.05) is 34.9 Å². The maximum atomic E-state index is 13.7. The molecule has 2 aliphatic heterocycles. The van der Waals surface area contributed by atoms with Crippen LogP contribution in [0.25, 0.3) is 0 Å². The fourth-order valence-corrected chi connectivity index (χ4v) is 5.87. The summed E-state index contributed by atoms with van der Waals surface area (Å²) in [6.45, 7) is 4.33. The molecule has 3 fully saturated rings. The highest BCUT2D eigenvalue weighted by atomic mass is 16.2. The van der Waals surface area contributed by atoms with Gasteiger partial charge in [0.1, 0.15) is 5.41 Å². The van der Waals surface area contributed by atoms with Crippen LogP contribution in [-0.2, 0) is 19.8 Å². The highest BCUT2D eigenvalue weighted by Gasteiger charge is 2.49. The van der Waals surface area contributed by atoms with E-state index in [0.717, 1.165) is 37.8 Å². The molecule has 174 valence electrons. The largest absolute Gasteiger partial charge is 0.358 e. The van der Waals surface area contributed by atoms with Gasteiger partial charge in [0, 0.05) is 50.8 Å². The van der Waals surface area contributed by atoms with Crippen molar-refractivity contribution < 1.29 is 14.4 Å². The summed E-state index contributed by atoms with van der Waals surface area (Å²) in [6.07, 6.45) is 8.82. The third-order valence-electron chi connectivity index (χ3n) is 8.00. The van der Waals surface area contributed by atoms with E-state index in [4.69, 9.17) is 0 Å². The molecular formula is C25H36N4O3. The number of carbonyl (C=O) groups is 3. The van der Waals surface area contributed by atoms with Gasteiger partial charge in [0.25, 0.3) is 0 Å². The van der Waals surface area contributed by atoms with Crippen LogP contribution in [0.2, 0.25) is 0 Å². The molecule has 3 amide bonds. The summed E-state index contributed by atoms with van der Waals surface area (Å²) in [7, 11) is 1.65. The Morgan fingerprint density at radius 3 is 2.34 bits per heavy atom. The van der Waals surface area contributed by atoms with E-state index >= 15 is 0 Å². The number of hydrogen-bond acceptors (Lipinski definition) is 4. The van der Waals surface area contributed by atoms with Crippen molar-refractivity contribution in [2.75, 3.05) is 33.2 Å². The molecule has 1 atom stereocenters. The molecule has 1 aromatic rings. The van der Waals surface area contributed by atoms with Crippen LogP contribution >= 0.6 is 0 Å². The molecule has 1 N–H and O–H groups in total. The average molecular weight is 441 g/mol. The van der Waals surface area contributed by atoms with Gasteiger partial charge in [-0.2, -0.15) is 0 Å². The Labute approximate surface area is 190 Å². The minimum absolute atomic E-state index is 0.0872. The maximum absolute atomic E-state index is 13.7. The summed E-state index contributed by atoms with van der Waals surface area (Å²) < 4.78 is 0. The van der Waals surface area contributed by atoms with E-state index in [2.05, 4.69) is 10.3 Å². The van der Waals surface area contributed by atoms with Gasteiger partial charge in [-0.1, -0.05) is 25.8 Å². The Kier molecular flexibility index (Phi) is 6.54. The molecule has 0 aromatic carbocycles. The number of carbonyl (C=O) groups excluding carboxylic acids is 3. The Hall–Kier alpha value is -2.44. The van der Waals surface area contributed by atoms with Crippen molar-refractivity contribution in [1.82, 2.24) is 20.1 Å². The first kappa shape index (κ1) is 22.7. The Morgan fingerprint density at radius 2 is 1.72 bits per heavy atom. The van der Waals surface area contributed by atoms with Crippen LogP contribution in [0.3, 0.4) is 0 Å². The van der Waals surface area contributed by atoms with E-state index in [-0.39, 0.29) is 23.6 Å². The number of aromatic nitrogens is 1. The fraction of sp³-hybridized carbons (Fsp3) is 0.680. The van der Waals surface area contributed by atoms with E-state index in [1.165, 1.54) is 0 Å². The van der Waals surface area contributed by atoms with Crippen LogP contribution in [0.5, 0.6) is 0 Å². The lowest BCUT2D eigenvalue weighted by atomic mass is 9.73. The smallest absolute Gasteiger partial charge is 0.233 e. The SMILES string of the molecule is CNC(=O)[C@@]1(c2ccccn2)CCCN(C(=O)C2(C)CCN(C(=O)C3CCCC3)CC2)C1. The molecular weight excluding hydrogens is 404 g/mol. The number of hydrogen-bond donors (Lipinski definition) is 1. The first-order valence-corrected chi connectivity index (χ1v) is 12.1. The van der Waals surface area contributed by atoms with Crippen molar-refractivity contribution >= 4 is 17.7 Å². The average Bonchev–Trinajstić information content (AvgIpc) is 3.38. The van der Waals surface area contributed by atoms with Gasteiger partial charge in [-0.15, -0.1) is 0 Å². The third-order valence-corrected chi connectivity index (χ3v) is 8.00. The summed E-state index contributed by atoms with van der Waals surface area (Å²) in [5.41, 5.74) is -0.596. The van der Waals surface area contributed by atoms with Gasteiger partial charge >= 0.3 is 0 Å². The number of piperidine rings is 2. The van der Waals surface area contributed by atoms with Crippen molar-refractivity contribution in [1.29, 1.82) is 0 Å². The number of likely N-dealkylation sites (tertiary alicyclic amines) is 2. The molecule has 0 radical (unpaired) electrons. The van der Waals surface area contributed by atoms with Gasteiger partial charge in [-0.3, -0.25) is 19.4 Å². The minimum atomic E-state index is -0.820. The van der Waals surface area contributed by atoms with E-state index in [9.17, 15) is 14.4 Å². The lowest BCUT2D eigenvalue weighted by molar-refractivity contribution is -0.151. The van der Waals surface area contributed by atoms with E-state index in [1.54, 1.807) is 13.2 Å². The first-order valence-electron chi connectivity index (χ1n) is 12.1.